The van der Waals surface area contributed by atoms with Crippen LogP contribution in [0.3, 0.4) is 0 Å². The predicted octanol–water partition coefficient (Wildman–Crippen LogP) is 1.96. The highest BCUT2D eigenvalue weighted by Crippen LogP contribution is 2.13. The van der Waals surface area contributed by atoms with Crippen molar-refractivity contribution >= 4 is 41.3 Å². The maximum Gasteiger partial charge on any atom is 0.191 e. The van der Waals surface area contributed by atoms with Crippen molar-refractivity contribution in [3.8, 4) is 0 Å². The topological polar surface area (TPSA) is 42.9 Å². The van der Waals surface area contributed by atoms with E-state index in [1.54, 1.807) is 0 Å². The Morgan fingerprint density at radius 2 is 2.17 bits per heavy atom. The molecule has 2 heterocycles. The lowest BCUT2D eigenvalue weighted by Gasteiger charge is -2.38. The van der Waals surface area contributed by atoms with Gasteiger partial charge < -0.3 is 15.5 Å². The van der Waals surface area contributed by atoms with E-state index in [0.717, 1.165) is 45.1 Å². The zero-order valence-electron chi connectivity index (χ0n) is 15.3. The Hall–Kier alpha value is -0.380. The van der Waals surface area contributed by atoms with Crippen molar-refractivity contribution in [2.24, 2.45) is 10.9 Å². The Balaban J connectivity index is 0.00000288. The normalized spacial score (nSPS) is 21.2. The van der Waals surface area contributed by atoms with Gasteiger partial charge in [-0.3, -0.25) is 9.89 Å². The summed E-state index contributed by atoms with van der Waals surface area (Å²) in [6.07, 6.45) is 1.12. The number of piperazine rings is 1. The number of nitrogens with one attached hydrogen (secondary N) is 2. The fraction of sp³-hybridized carbons (Fsp3) is 0.706. The van der Waals surface area contributed by atoms with Crippen LogP contribution in [0.4, 0.5) is 0 Å². The molecule has 1 aliphatic heterocycles. The van der Waals surface area contributed by atoms with Gasteiger partial charge in [0.05, 0.1) is 0 Å². The van der Waals surface area contributed by atoms with E-state index in [1.165, 1.54) is 4.88 Å². The minimum Gasteiger partial charge on any atom is -0.356 e. The molecule has 2 unspecified atom stereocenters. The summed E-state index contributed by atoms with van der Waals surface area (Å²) >= 11 is 1.84. The van der Waals surface area contributed by atoms with Gasteiger partial charge in [-0.2, -0.15) is 0 Å². The first-order chi connectivity index (χ1) is 11.1. The van der Waals surface area contributed by atoms with Gasteiger partial charge in [0.15, 0.2) is 5.96 Å². The molecule has 0 aromatic carbocycles. The van der Waals surface area contributed by atoms with Crippen molar-refractivity contribution in [3.05, 3.63) is 22.4 Å². The third-order valence-electron chi connectivity index (χ3n) is 4.46. The molecule has 5 nitrogen and oxygen atoms in total. The highest BCUT2D eigenvalue weighted by Gasteiger charge is 2.22. The molecule has 7 heteroatoms. The molecular formula is C17H32IN5S. The highest BCUT2D eigenvalue weighted by atomic mass is 127. The van der Waals surface area contributed by atoms with Gasteiger partial charge in [-0.05, 0) is 37.9 Å². The number of rotatable bonds is 6. The Morgan fingerprint density at radius 1 is 1.38 bits per heavy atom. The molecule has 1 aliphatic rings. The summed E-state index contributed by atoms with van der Waals surface area (Å²) in [5.74, 6) is 1.50. The van der Waals surface area contributed by atoms with Gasteiger partial charge in [-0.1, -0.05) is 13.0 Å². The van der Waals surface area contributed by atoms with Crippen molar-refractivity contribution in [1.82, 2.24) is 20.4 Å². The Bertz CT molecular complexity index is 479. The first-order valence-corrected chi connectivity index (χ1v) is 9.32. The lowest BCUT2D eigenvalue weighted by atomic mass is 10.1. The van der Waals surface area contributed by atoms with E-state index in [1.807, 2.05) is 18.4 Å². The maximum atomic E-state index is 4.35. The molecule has 0 saturated carbocycles. The number of likely N-dealkylation sites (N-methyl/N-ethyl adjacent to an activating group) is 2. The van der Waals surface area contributed by atoms with Crippen molar-refractivity contribution in [2.45, 2.75) is 19.4 Å². The second-order valence-electron chi connectivity index (χ2n) is 6.62. The minimum absolute atomic E-state index is 0. The van der Waals surface area contributed by atoms with Crippen LogP contribution in [0.1, 0.15) is 11.8 Å². The van der Waals surface area contributed by atoms with Gasteiger partial charge in [0.2, 0.25) is 0 Å². The summed E-state index contributed by atoms with van der Waals surface area (Å²) in [5, 5.41) is 9.08. The summed E-state index contributed by atoms with van der Waals surface area (Å²) in [4.78, 5) is 10.6. The van der Waals surface area contributed by atoms with Crippen LogP contribution < -0.4 is 10.6 Å². The van der Waals surface area contributed by atoms with Crippen LogP contribution in [-0.4, -0.2) is 75.7 Å². The maximum absolute atomic E-state index is 4.35. The van der Waals surface area contributed by atoms with Gasteiger partial charge in [0.1, 0.15) is 0 Å². The molecule has 2 rings (SSSR count). The SMILES string of the molecule is CN=C(NCC(C)Cc1cccs1)NCC1CN(C)CCN1C.I. The number of hydrogen-bond acceptors (Lipinski definition) is 4. The van der Waals surface area contributed by atoms with Crippen LogP contribution in [0, 0.1) is 5.92 Å². The predicted molar refractivity (Wildman–Crippen MR) is 116 cm³/mol. The van der Waals surface area contributed by atoms with Crippen molar-refractivity contribution in [1.29, 1.82) is 0 Å². The monoisotopic (exact) mass is 465 g/mol. The Labute approximate surface area is 167 Å². The second-order valence-corrected chi connectivity index (χ2v) is 7.65. The fourth-order valence-electron chi connectivity index (χ4n) is 2.87. The van der Waals surface area contributed by atoms with Gasteiger partial charge in [-0.25, -0.2) is 0 Å². The van der Waals surface area contributed by atoms with E-state index < -0.39 is 0 Å². The van der Waals surface area contributed by atoms with Crippen LogP contribution in [0.25, 0.3) is 0 Å². The summed E-state index contributed by atoms with van der Waals surface area (Å²) < 4.78 is 0. The number of halogens is 1. The largest absolute Gasteiger partial charge is 0.356 e. The summed E-state index contributed by atoms with van der Waals surface area (Å²) in [7, 11) is 6.24. The van der Waals surface area contributed by atoms with E-state index in [9.17, 15) is 0 Å². The van der Waals surface area contributed by atoms with Gasteiger partial charge in [-0.15, -0.1) is 35.3 Å². The number of thiophene rings is 1. The third-order valence-corrected chi connectivity index (χ3v) is 5.36. The Morgan fingerprint density at radius 3 is 2.83 bits per heavy atom. The van der Waals surface area contributed by atoms with E-state index in [0.29, 0.717) is 12.0 Å². The number of hydrogen-bond donors (Lipinski definition) is 2. The van der Waals surface area contributed by atoms with Crippen LogP contribution in [0.2, 0.25) is 0 Å². The molecule has 24 heavy (non-hydrogen) atoms. The molecule has 0 spiro atoms. The first kappa shape index (κ1) is 21.7. The molecule has 138 valence electrons. The molecule has 1 fully saturated rings. The molecule has 0 amide bonds. The first-order valence-electron chi connectivity index (χ1n) is 8.44. The summed E-state index contributed by atoms with van der Waals surface area (Å²) in [5.41, 5.74) is 0. The highest BCUT2D eigenvalue weighted by molar-refractivity contribution is 14.0. The van der Waals surface area contributed by atoms with E-state index >= 15 is 0 Å². The zero-order valence-corrected chi connectivity index (χ0v) is 18.4. The van der Waals surface area contributed by atoms with E-state index in [2.05, 4.69) is 64.0 Å². The lowest BCUT2D eigenvalue weighted by molar-refractivity contribution is 0.116. The average molecular weight is 465 g/mol. The molecule has 0 bridgehead atoms. The van der Waals surface area contributed by atoms with Gasteiger partial charge in [0.25, 0.3) is 0 Å². The van der Waals surface area contributed by atoms with Crippen LogP contribution >= 0.6 is 35.3 Å². The van der Waals surface area contributed by atoms with Gasteiger partial charge in [0, 0.05) is 50.7 Å². The summed E-state index contributed by atoms with van der Waals surface area (Å²) in [6.45, 7) is 7.55. The zero-order chi connectivity index (χ0) is 16.7. The van der Waals surface area contributed by atoms with Crippen molar-refractivity contribution < 1.29 is 0 Å². The molecule has 0 aliphatic carbocycles. The van der Waals surface area contributed by atoms with Crippen molar-refractivity contribution in [2.75, 3.05) is 53.9 Å². The lowest BCUT2D eigenvalue weighted by Crippen LogP contribution is -2.55. The number of aliphatic imine (C=N–C) groups is 1. The quantitative estimate of drug-likeness (QED) is 0.383. The van der Waals surface area contributed by atoms with Gasteiger partial charge >= 0.3 is 0 Å². The van der Waals surface area contributed by atoms with E-state index in [4.69, 9.17) is 0 Å². The van der Waals surface area contributed by atoms with Crippen LogP contribution in [0.5, 0.6) is 0 Å². The van der Waals surface area contributed by atoms with Crippen molar-refractivity contribution in [3.63, 3.8) is 0 Å². The Kier molecular flexibility index (Phi) is 10.2. The molecule has 1 aromatic rings. The van der Waals surface area contributed by atoms with E-state index in [-0.39, 0.29) is 24.0 Å². The number of nitrogens with zero attached hydrogens (tertiary/aromatic N) is 3. The third kappa shape index (κ3) is 7.25. The molecule has 2 atom stereocenters. The molecule has 0 radical (unpaired) electrons. The number of guanidine groups is 1. The van der Waals surface area contributed by atoms with Crippen LogP contribution in [0.15, 0.2) is 22.5 Å². The molecular weight excluding hydrogens is 433 g/mol. The van der Waals surface area contributed by atoms with Crippen LogP contribution in [-0.2, 0) is 6.42 Å². The fourth-order valence-corrected chi connectivity index (χ4v) is 3.74. The molecule has 1 saturated heterocycles. The summed E-state index contributed by atoms with van der Waals surface area (Å²) in [6, 6.07) is 4.87. The smallest absolute Gasteiger partial charge is 0.191 e. The molecule has 1 aromatic heterocycles. The minimum atomic E-state index is 0. The molecule has 2 N–H and O–H groups in total. The average Bonchev–Trinajstić information content (AvgIpc) is 3.03. The second kappa shape index (κ2) is 11.3. The standard InChI is InChI=1S/C17H31N5S.HI/c1-14(10-16-6-5-9-23-16)11-19-17(18-2)20-12-15-13-21(3)7-8-22(15)4;/h5-6,9,14-15H,7-8,10-13H2,1-4H3,(H2,18,19,20);1H.